The first kappa shape index (κ1) is 18.7. The predicted molar refractivity (Wildman–Crippen MR) is 115 cm³/mol. The lowest BCUT2D eigenvalue weighted by molar-refractivity contribution is 0.283. The van der Waals surface area contributed by atoms with E-state index in [9.17, 15) is 8.42 Å². The number of rotatable bonds is 4. The van der Waals surface area contributed by atoms with Crippen molar-refractivity contribution in [1.82, 2.24) is 9.13 Å². The molecule has 7 heteroatoms. The molecule has 0 bridgehead atoms. The van der Waals surface area contributed by atoms with Gasteiger partial charge in [-0.05, 0) is 36.8 Å². The van der Waals surface area contributed by atoms with E-state index in [1.54, 1.807) is 30.3 Å². The smallest absolute Gasteiger partial charge is 0.285 e. The number of hydrogen-bond donors (Lipinski definition) is 0. The molecule has 0 atom stereocenters. The summed E-state index contributed by atoms with van der Waals surface area (Å²) in [5.41, 5.74) is 4.43. The van der Waals surface area contributed by atoms with Crippen molar-refractivity contribution < 1.29 is 13.2 Å². The second-order valence-corrected chi connectivity index (χ2v) is 8.98. The Morgan fingerprint density at radius 1 is 0.967 bits per heavy atom. The van der Waals surface area contributed by atoms with Gasteiger partial charge in [-0.1, -0.05) is 54.1 Å². The fourth-order valence-corrected chi connectivity index (χ4v) is 4.83. The first-order valence-electron chi connectivity index (χ1n) is 9.79. The monoisotopic (exact) mass is 419 g/mol. The second-order valence-electron chi connectivity index (χ2n) is 7.38. The molecule has 1 aliphatic heterocycles. The molecule has 0 unspecified atom stereocenters. The lowest BCUT2D eigenvalue weighted by atomic mass is 10.1. The molecule has 6 nitrogen and oxygen atoms in total. The molecule has 0 N–H and O–H groups in total. The minimum Gasteiger partial charge on any atom is -0.489 e. The average Bonchev–Trinajstić information content (AvgIpc) is 3.05. The lowest BCUT2D eigenvalue weighted by Crippen LogP contribution is -2.31. The topological polar surface area (TPSA) is 65.6 Å². The van der Waals surface area contributed by atoms with Gasteiger partial charge in [0.25, 0.3) is 10.0 Å². The van der Waals surface area contributed by atoms with E-state index in [0.717, 1.165) is 22.3 Å². The van der Waals surface area contributed by atoms with Crippen LogP contribution in [0.5, 0.6) is 5.75 Å². The van der Waals surface area contributed by atoms with E-state index in [0.29, 0.717) is 25.3 Å². The zero-order chi connectivity index (χ0) is 20.7. The third kappa shape index (κ3) is 3.21. The van der Waals surface area contributed by atoms with Crippen LogP contribution in [0.2, 0.25) is 0 Å². The molecule has 0 spiro atoms. The summed E-state index contributed by atoms with van der Waals surface area (Å²) in [5.74, 6) is 0.745. The Kier molecular flexibility index (Phi) is 4.47. The van der Waals surface area contributed by atoms with Crippen molar-refractivity contribution in [3.8, 4) is 5.75 Å². The molecule has 30 heavy (non-hydrogen) atoms. The highest BCUT2D eigenvalue weighted by molar-refractivity contribution is 7.90. The molecule has 5 rings (SSSR count). The van der Waals surface area contributed by atoms with Gasteiger partial charge in [0.1, 0.15) is 17.9 Å². The van der Waals surface area contributed by atoms with Crippen LogP contribution in [0.4, 0.5) is 0 Å². The Balaban J connectivity index is 1.78. The standard InChI is InChI=1S/C23H21N3O3S/c1-17-10-12-18(13-11-17)16-26-20-8-5-9-21-22(20)25(14-15-29-21)23(26)24-30(27,28)19-6-3-2-4-7-19/h2-13H,14-16H2,1H3/b24-23-. The molecule has 1 aromatic heterocycles. The summed E-state index contributed by atoms with van der Waals surface area (Å²) in [6, 6.07) is 22.4. The molecule has 1 aliphatic rings. The molecule has 3 aromatic carbocycles. The molecule has 0 saturated heterocycles. The third-order valence-corrected chi connectivity index (χ3v) is 6.57. The van der Waals surface area contributed by atoms with Gasteiger partial charge in [-0.3, -0.25) is 0 Å². The van der Waals surface area contributed by atoms with E-state index in [1.165, 1.54) is 5.56 Å². The number of para-hydroxylation sites is 1. The van der Waals surface area contributed by atoms with Gasteiger partial charge in [0.15, 0.2) is 0 Å². The summed E-state index contributed by atoms with van der Waals surface area (Å²) in [6.07, 6.45) is 0. The van der Waals surface area contributed by atoms with Gasteiger partial charge >= 0.3 is 0 Å². The van der Waals surface area contributed by atoms with Gasteiger partial charge in [-0.25, -0.2) is 0 Å². The highest BCUT2D eigenvalue weighted by atomic mass is 32.2. The SMILES string of the molecule is Cc1ccc(Cn2/c(=N\S(=O)(=O)c3ccccc3)n3c4c(cccc42)OCC3)cc1. The van der Waals surface area contributed by atoms with Crippen LogP contribution < -0.4 is 10.4 Å². The second kappa shape index (κ2) is 7.18. The van der Waals surface area contributed by atoms with Crippen molar-refractivity contribution in [2.75, 3.05) is 6.61 Å². The van der Waals surface area contributed by atoms with Crippen molar-refractivity contribution in [2.24, 2.45) is 4.40 Å². The molecule has 0 aliphatic carbocycles. The summed E-state index contributed by atoms with van der Waals surface area (Å²) in [6.45, 7) is 3.56. The van der Waals surface area contributed by atoms with Crippen LogP contribution >= 0.6 is 0 Å². The van der Waals surface area contributed by atoms with E-state index in [2.05, 4.69) is 28.7 Å². The van der Waals surface area contributed by atoms with E-state index in [-0.39, 0.29) is 4.90 Å². The van der Waals surface area contributed by atoms with Crippen molar-refractivity contribution in [1.29, 1.82) is 0 Å². The molecular weight excluding hydrogens is 398 g/mol. The first-order valence-corrected chi connectivity index (χ1v) is 11.2. The van der Waals surface area contributed by atoms with Crippen LogP contribution in [0.1, 0.15) is 11.1 Å². The zero-order valence-electron chi connectivity index (χ0n) is 16.5. The van der Waals surface area contributed by atoms with Gasteiger partial charge in [0, 0.05) is 0 Å². The minimum atomic E-state index is -3.86. The maximum absolute atomic E-state index is 13.1. The average molecular weight is 420 g/mol. The summed E-state index contributed by atoms with van der Waals surface area (Å²) in [7, 11) is -3.86. The molecule has 0 fully saturated rings. The number of hydrogen-bond acceptors (Lipinski definition) is 3. The Morgan fingerprint density at radius 2 is 1.73 bits per heavy atom. The molecule has 0 amide bonds. The third-order valence-electron chi connectivity index (χ3n) is 5.30. The number of aromatic nitrogens is 2. The summed E-state index contributed by atoms with van der Waals surface area (Å²) in [4.78, 5) is 0.178. The van der Waals surface area contributed by atoms with Crippen LogP contribution in [0.3, 0.4) is 0 Å². The predicted octanol–water partition coefficient (Wildman–Crippen LogP) is 3.48. The van der Waals surface area contributed by atoms with Crippen molar-refractivity contribution in [2.45, 2.75) is 24.9 Å². The Hall–Kier alpha value is -3.32. The fraction of sp³-hybridized carbons (Fsp3) is 0.174. The highest BCUT2D eigenvalue weighted by Gasteiger charge is 2.22. The maximum Gasteiger partial charge on any atom is 0.285 e. The minimum absolute atomic E-state index is 0.178. The molecule has 4 aromatic rings. The maximum atomic E-state index is 13.1. The largest absolute Gasteiger partial charge is 0.489 e. The van der Waals surface area contributed by atoms with Crippen molar-refractivity contribution in [3.63, 3.8) is 0 Å². The van der Waals surface area contributed by atoms with E-state index in [1.807, 2.05) is 34.3 Å². The fourth-order valence-electron chi connectivity index (χ4n) is 3.81. The van der Waals surface area contributed by atoms with E-state index < -0.39 is 10.0 Å². The number of benzene rings is 3. The normalized spacial score (nSPS) is 14.1. The van der Waals surface area contributed by atoms with Crippen LogP contribution in [-0.2, 0) is 23.1 Å². The summed E-state index contributed by atoms with van der Waals surface area (Å²) in [5, 5.41) is 0. The molecule has 0 saturated carbocycles. The van der Waals surface area contributed by atoms with Gasteiger partial charge in [-0.2, -0.15) is 8.42 Å². The Morgan fingerprint density at radius 3 is 2.50 bits per heavy atom. The number of aryl methyl sites for hydroxylation is 1. The first-order chi connectivity index (χ1) is 14.5. The number of nitrogens with zero attached hydrogens (tertiary/aromatic N) is 3. The summed E-state index contributed by atoms with van der Waals surface area (Å²) >= 11 is 0. The number of sulfonamides is 1. The number of imidazole rings is 1. The zero-order valence-corrected chi connectivity index (χ0v) is 17.3. The molecule has 2 heterocycles. The van der Waals surface area contributed by atoms with Gasteiger partial charge in [0.2, 0.25) is 5.62 Å². The number of ether oxygens (including phenoxy) is 1. The van der Waals surface area contributed by atoms with Gasteiger partial charge in [-0.15, -0.1) is 4.40 Å². The lowest BCUT2D eigenvalue weighted by Gasteiger charge is -2.15. The van der Waals surface area contributed by atoms with E-state index in [4.69, 9.17) is 4.74 Å². The highest BCUT2D eigenvalue weighted by Crippen LogP contribution is 2.28. The van der Waals surface area contributed by atoms with Gasteiger partial charge < -0.3 is 13.9 Å². The van der Waals surface area contributed by atoms with Crippen molar-refractivity contribution >= 4 is 21.1 Å². The Bertz CT molecular complexity index is 1400. The Labute approximate surface area is 174 Å². The quantitative estimate of drug-likeness (QED) is 0.509. The molecule has 152 valence electrons. The molecular formula is C23H21N3O3S. The summed E-state index contributed by atoms with van der Waals surface area (Å²) < 4.78 is 40.2. The van der Waals surface area contributed by atoms with Gasteiger partial charge in [0.05, 0.1) is 23.5 Å². The molecule has 0 radical (unpaired) electrons. The van der Waals surface area contributed by atoms with Crippen molar-refractivity contribution in [3.05, 3.63) is 89.5 Å². The van der Waals surface area contributed by atoms with Crippen LogP contribution in [0.25, 0.3) is 11.0 Å². The van der Waals surface area contributed by atoms with E-state index >= 15 is 0 Å². The van der Waals surface area contributed by atoms with Crippen LogP contribution in [0, 0.1) is 6.92 Å². The van der Waals surface area contributed by atoms with Crippen LogP contribution in [0.15, 0.2) is 82.1 Å². The van der Waals surface area contributed by atoms with Crippen LogP contribution in [-0.4, -0.2) is 24.2 Å².